The predicted molar refractivity (Wildman–Crippen MR) is 52.9 cm³/mol. The quantitative estimate of drug-likeness (QED) is 0.620. The second-order valence-electron chi connectivity index (χ2n) is 2.94. The Hall–Kier alpha value is -0.910. The summed E-state index contributed by atoms with van der Waals surface area (Å²) in [5.41, 5.74) is 6.32. The van der Waals surface area contributed by atoms with E-state index in [0.29, 0.717) is 11.3 Å². The SMILES string of the molecule is Cc1nc(N)ncc1C(O)C(O)CCl. The lowest BCUT2D eigenvalue weighted by Gasteiger charge is -2.16. The lowest BCUT2D eigenvalue weighted by atomic mass is 10.1. The van der Waals surface area contributed by atoms with Crippen molar-refractivity contribution in [2.24, 2.45) is 0 Å². The molecule has 0 spiro atoms. The number of aryl methyl sites for hydroxylation is 1. The summed E-state index contributed by atoms with van der Waals surface area (Å²) in [5.74, 6) is 0.0872. The zero-order chi connectivity index (χ0) is 10.7. The van der Waals surface area contributed by atoms with Crippen LogP contribution in [0.3, 0.4) is 0 Å². The molecule has 2 atom stereocenters. The van der Waals surface area contributed by atoms with Crippen molar-refractivity contribution in [3.05, 3.63) is 17.5 Å². The normalized spacial score (nSPS) is 15.1. The number of nitrogens with zero attached hydrogens (tertiary/aromatic N) is 2. The molecular weight excluding hydrogens is 206 g/mol. The third kappa shape index (κ3) is 2.31. The fraction of sp³-hybridized carbons (Fsp3) is 0.500. The second-order valence-corrected chi connectivity index (χ2v) is 3.24. The van der Waals surface area contributed by atoms with E-state index in [4.69, 9.17) is 17.3 Å². The van der Waals surface area contributed by atoms with E-state index in [0.717, 1.165) is 0 Å². The summed E-state index contributed by atoms with van der Waals surface area (Å²) in [4.78, 5) is 7.59. The van der Waals surface area contributed by atoms with Crippen LogP contribution < -0.4 is 5.73 Å². The van der Waals surface area contributed by atoms with Crippen molar-refractivity contribution >= 4 is 17.5 Å². The first-order valence-corrected chi connectivity index (χ1v) is 4.60. The first-order valence-electron chi connectivity index (χ1n) is 4.07. The highest BCUT2D eigenvalue weighted by molar-refractivity contribution is 6.18. The molecule has 0 amide bonds. The Balaban J connectivity index is 2.95. The maximum atomic E-state index is 9.61. The topological polar surface area (TPSA) is 92.3 Å². The highest BCUT2D eigenvalue weighted by Gasteiger charge is 2.20. The van der Waals surface area contributed by atoms with E-state index in [1.54, 1.807) is 6.92 Å². The molecule has 1 heterocycles. The molecule has 14 heavy (non-hydrogen) atoms. The monoisotopic (exact) mass is 217 g/mol. The van der Waals surface area contributed by atoms with Crippen LogP contribution in [0.5, 0.6) is 0 Å². The molecule has 0 bridgehead atoms. The number of alkyl halides is 1. The number of hydrogen-bond donors (Lipinski definition) is 3. The Morgan fingerprint density at radius 3 is 2.71 bits per heavy atom. The molecule has 0 radical (unpaired) electrons. The summed E-state index contributed by atoms with van der Waals surface area (Å²) in [7, 11) is 0. The summed E-state index contributed by atoms with van der Waals surface area (Å²) in [6, 6.07) is 0. The number of anilines is 1. The molecule has 2 unspecified atom stereocenters. The molecule has 1 rings (SSSR count). The van der Waals surface area contributed by atoms with Crippen LogP contribution in [-0.2, 0) is 0 Å². The molecule has 5 nitrogen and oxygen atoms in total. The molecule has 0 saturated carbocycles. The van der Waals surface area contributed by atoms with E-state index < -0.39 is 12.2 Å². The van der Waals surface area contributed by atoms with Gasteiger partial charge in [-0.2, -0.15) is 0 Å². The fourth-order valence-electron chi connectivity index (χ4n) is 1.08. The minimum Gasteiger partial charge on any atom is -0.389 e. The molecule has 0 saturated heterocycles. The van der Waals surface area contributed by atoms with Crippen molar-refractivity contribution in [1.82, 2.24) is 9.97 Å². The lowest BCUT2D eigenvalue weighted by Crippen LogP contribution is -2.21. The molecule has 0 aliphatic heterocycles. The summed E-state index contributed by atoms with van der Waals surface area (Å²) in [6.07, 6.45) is -0.714. The van der Waals surface area contributed by atoms with E-state index in [-0.39, 0.29) is 11.8 Å². The third-order valence-corrected chi connectivity index (χ3v) is 2.19. The highest BCUT2D eigenvalue weighted by Crippen LogP contribution is 2.19. The maximum absolute atomic E-state index is 9.61. The van der Waals surface area contributed by atoms with Crippen molar-refractivity contribution < 1.29 is 10.2 Å². The van der Waals surface area contributed by atoms with E-state index in [9.17, 15) is 10.2 Å². The maximum Gasteiger partial charge on any atom is 0.220 e. The smallest absolute Gasteiger partial charge is 0.220 e. The van der Waals surface area contributed by atoms with Crippen LogP contribution in [0.2, 0.25) is 0 Å². The number of rotatable bonds is 3. The molecule has 0 fully saturated rings. The number of halogens is 1. The van der Waals surface area contributed by atoms with Crippen molar-refractivity contribution in [2.45, 2.75) is 19.1 Å². The molecule has 1 aromatic heterocycles. The first-order chi connectivity index (χ1) is 6.56. The minimum atomic E-state index is -1.08. The van der Waals surface area contributed by atoms with Crippen LogP contribution in [0, 0.1) is 6.92 Å². The summed E-state index contributed by atoms with van der Waals surface area (Å²) < 4.78 is 0. The molecule has 4 N–H and O–H groups in total. The molecule has 0 aromatic carbocycles. The molecule has 0 aliphatic carbocycles. The second kappa shape index (κ2) is 4.54. The molecular formula is C8H12ClN3O2. The van der Waals surface area contributed by atoms with Crippen molar-refractivity contribution in [1.29, 1.82) is 0 Å². The van der Waals surface area contributed by atoms with Gasteiger partial charge >= 0.3 is 0 Å². The Morgan fingerprint density at radius 2 is 2.21 bits per heavy atom. The van der Waals surface area contributed by atoms with E-state index >= 15 is 0 Å². The minimum absolute atomic E-state index is 0.0506. The van der Waals surface area contributed by atoms with Crippen LogP contribution in [0.4, 0.5) is 5.95 Å². The van der Waals surface area contributed by atoms with Gasteiger partial charge in [-0.05, 0) is 6.92 Å². The highest BCUT2D eigenvalue weighted by atomic mass is 35.5. The Kier molecular flexibility index (Phi) is 3.62. The van der Waals surface area contributed by atoms with Crippen molar-refractivity contribution in [3.8, 4) is 0 Å². The van der Waals surface area contributed by atoms with Gasteiger partial charge in [0.2, 0.25) is 5.95 Å². The van der Waals surface area contributed by atoms with Gasteiger partial charge in [0.25, 0.3) is 0 Å². The average Bonchev–Trinajstić information content (AvgIpc) is 2.15. The van der Waals surface area contributed by atoms with Gasteiger partial charge in [-0.25, -0.2) is 9.97 Å². The van der Waals surface area contributed by atoms with Gasteiger partial charge in [0, 0.05) is 17.5 Å². The summed E-state index contributed by atoms with van der Waals surface area (Å²) in [5, 5.41) is 18.9. The van der Waals surface area contributed by atoms with Crippen LogP contribution in [-0.4, -0.2) is 32.2 Å². The fourth-order valence-corrected chi connectivity index (χ4v) is 1.25. The van der Waals surface area contributed by atoms with Crippen LogP contribution in [0.25, 0.3) is 0 Å². The molecule has 78 valence electrons. The number of aromatic nitrogens is 2. The third-order valence-electron chi connectivity index (χ3n) is 1.88. The largest absolute Gasteiger partial charge is 0.389 e. The zero-order valence-corrected chi connectivity index (χ0v) is 8.44. The van der Waals surface area contributed by atoms with Gasteiger partial charge in [-0.1, -0.05) is 0 Å². The zero-order valence-electron chi connectivity index (χ0n) is 7.68. The van der Waals surface area contributed by atoms with Gasteiger partial charge in [0.05, 0.1) is 12.0 Å². The van der Waals surface area contributed by atoms with Gasteiger partial charge < -0.3 is 15.9 Å². The van der Waals surface area contributed by atoms with Gasteiger partial charge in [0.1, 0.15) is 6.10 Å². The van der Waals surface area contributed by atoms with Crippen LogP contribution in [0.1, 0.15) is 17.4 Å². The Morgan fingerprint density at radius 1 is 1.57 bits per heavy atom. The summed E-state index contributed by atoms with van der Waals surface area (Å²) >= 11 is 5.40. The van der Waals surface area contributed by atoms with E-state index in [1.165, 1.54) is 6.20 Å². The predicted octanol–water partition coefficient (Wildman–Crippen LogP) is 0.000320. The Labute approximate surface area is 86.6 Å². The molecule has 6 heteroatoms. The summed E-state index contributed by atoms with van der Waals surface area (Å²) in [6.45, 7) is 1.68. The standard InChI is InChI=1S/C8H12ClN3O2/c1-4-5(3-11-8(10)12-4)7(14)6(13)2-9/h3,6-7,13-14H,2H2,1H3,(H2,10,11,12). The number of aliphatic hydroxyl groups is 2. The van der Waals surface area contributed by atoms with Gasteiger partial charge in [-0.3, -0.25) is 0 Å². The first kappa shape index (κ1) is 11.2. The van der Waals surface area contributed by atoms with Crippen molar-refractivity contribution in [2.75, 3.05) is 11.6 Å². The lowest BCUT2D eigenvalue weighted by molar-refractivity contribution is 0.0318. The Bertz CT molecular complexity index is 321. The van der Waals surface area contributed by atoms with Crippen molar-refractivity contribution in [3.63, 3.8) is 0 Å². The van der Waals surface area contributed by atoms with Gasteiger partial charge in [0.15, 0.2) is 0 Å². The van der Waals surface area contributed by atoms with Gasteiger partial charge in [-0.15, -0.1) is 11.6 Å². The number of hydrogen-bond acceptors (Lipinski definition) is 5. The number of aliphatic hydroxyl groups excluding tert-OH is 2. The van der Waals surface area contributed by atoms with Crippen LogP contribution >= 0.6 is 11.6 Å². The number of nitrogen functional groups attached to an aromatic ring is 1. The van der Waals surface area contributed by atoms with E-state index in [2.05, 4.69) is 9.97 Å². The molecule has 0 aliphatic rings. The molecule has 1 aromatic rings. The number of nitrogens with two attached hydrogens (primary N) is 1. The average molecular weight is 218 g/mol. The van der Waals surface area contributed by atoms with Crippen LogP contribution in [0.15, 0.2) is 6.20 Å². The van der Waals surface area contributed by atoms with E-state index in [1.807, 2.05) is 0 Å².